The second-order valence-corrected chi connectivity index (χ2v) is 4.07. The summed E-state index contributed by atoms with van der Waals surface area (Å²) in [4.78, 5) is 10.9. The van der Waals surface area contributed by atoms with Gasteiger partial charge in [-0.15, -0.1) is 0 Å². The molecule has 0 bridgehead atoms. The number of nitrogens with two attached hydrogens (primary N) is 1. The summed E-state index contributed by atoms with van der Waals surface area (Å²) in [5.41, 5.74) is 5.23. The largest absolute Gasteiger partial charge is 0.355 e. The lowest BCUT2D eigenvalue weighted by Crippen LogP contribution is -2.27. The topological polar surface area (TPSA) is 72.2 Å². The minimum absolute atomic E-state index is 0.00843. The third kappa shape index (κ3) is 7.68. The van der Waals surface area contributed by atoms with E-state index in [1.807, 2.05) is 0 Å². The van der Waals surface area contributed by atoms with Crippen LogP contribution in [0.3, 0.4) is 0 Å². The molecule has 0 aromatic heterocycles. The van der Waals surface area contributed by atoms with E-state index in [9.17, 15) is 9.00 Å². The highest BCUT2D eigenvalue weighted by molar-refractivity contribution is 7.84. The van der Waals surface area contributed by atoms with Gasteiger partial charge in [-0.3, -0.25) is 9.00 Å². The van der Waals surface area contributed by atoms with Crippen LogP contribution in [-0.4, -0.2) is 35.2 Å². The summed E-state index contributed by atoms with van der Waals surface area (Å²) in [7, 11) is -0.827. The van der Waals surface area contributed by atoms with Crippen molar-refractivity contribution in [3.8, 4) is 0 Å². The number of carbonyl (C=O) groups excluding carboxylic acids is 1. The Bertz CT molecular complexity index is 161. The predicted molar refractivity (Wildman–Crippen MR) is 50.2 cm³/mol. The molecule has 0 aromatic carbocycles. The molecule has 0 aliphatic carbocycles. The third-order valence-electron chi connectivity index (χ3n) is 1.32. The van der Waals surface area contributed by atoms with E-state index < -0.39 is 10.8 Å². The van der Waals surface area contributed by atoms with Crippen LogP contribution < -0.4 is 11.1 Å². The van der Waals surface area contributed by atoms with Crippen LogP contribution >= 0.6 is 0 Å². The zero-order valence-electron chi connectivity index (χ0n) is 7.34. The molecule has 0 aromatic rings. The Labute approximate surface area is 75.4 Å². The summed E-state index contributed by atoms with van der Waals surface area (Å²) in [5, 5.41) is 2.66. The van der Waals surface area contributed by atoms with Gasteiger partial charge in [0.25, 0.3) is 0 Å². The molecule has 0 saturated carbocycles. The van der Waals surface area contributed by atoms with Crippen LogP contribution in [0.25, 0.3) is 0 Å². The number of rotatable bonds is 6. The van der Waals surface area contributed by atoms with Crippen molar-refractivity contribution in [3.05, 3.63) is 0 Å². The van der Waals surface area contributed by atoms with Crippen molar-refractivity contribution in [3.63, 3.8) is 0 Å². The maximum absolute atomic E-state index is 10.9. The first-order valence-electron chi connectivity index (χ1n) is 3.93. The van der Waals surface area contributed by atoms with Crippen molar-refractivity contribution in [2.45, 2.75) is 12.8 Å². The summed E-state index contributed by atoms with van der Waals surface area (Å²) in [6.45, 7) is 1.03. The van der Waals surface area contributed by atoms with Gasteiger partial charge in [0, 0.05) is 35.8 Å². The van der Waals surface area contributed by atoms with Gasteiger partial charge in [0.2, 0.25) is 5.91 Å². The summed E-state index contributed by atoms with van der Waals surface area (Å²) in [5.74, 6) is 0.514. The molecule has 3 N–H and O–H groups in total. The van der Waals surface area contributed by atoms with Crippen LogP contribution in [0.15, 0.2) is 0 Å². The second kappa shape index (κ2) is 7.24. The van der Waals surface area contributed by atoms with Crippen molar-refractivity contribution in [1.82, 2.24) is 5.32 Å². The van der Waals surface area contributed by atoms with E-state index in [0.29, 0.717) is 31.7 Å². The van der Waals surface area contributed by atoms with Crippen molar-refractivity contribution in [2.75, 3.05) is 25.1 Å². The van der Waals surface area contributed by atoms with Crippen LogP contribution in [0.5, 0.6) is 0 Å². The molecule has 4 nitrogen and oxygen atoms in total. The molecule has 1 unspecified atom stereocenters. The fourth-order valence-corrected chi connectivity index (χ4v) is 1.07. The molecule has 12 heavy (non-hydrogen) atoms. The molecule has 0 spiro atoms. The van der Waals surface area contributed by atoms with Gasteiger partial charge in [-0.05, 0) is 13.0 Å². The number of amides is 1. The van der Waals surface area contributed by atoms with Gasteiger partial charge in [0.1, 0.15) is 0 Å². The first kappa shape index (κ1) is 11.6. The Hall–Kier alpha value is -0.420. The lowest BCUT2D eigenvalue weighted by atomic mass is 10.3. The van der Waals surface area contributed by atoms with Crippen molar-refractivity contribution in [1.29, 1.82) is 0 Å². The van der Waals surface area contributed by atoms with Crippen molar-refractivity contribution >= 4 is 16.7 Å². The second-order valence-electron chi connectivity index (χ2n) is 2.52. The Kier molecular flexibility index (Phi) is 6.99. The van der Waals surface area contributed by atoms with Crippen LogP contribution in [0.1, 0.15) is 12.8 Å². The average Bonchev–Trinajstić information content (AvgIpc) is 2.00. The highest BCUT2D eigenvalue weighted by Crippen LogP contribution is 1.84. The molecule has 0 rings (SSSR count). The maximum Gasteiger partial charge on any atom is 0.220 e. The highest BCUT2D eigenvalue weighted by Gasteiger charge is 1.99. The van der Waals surface area contributed by atoms with Gasteiger partial charge >= 0.3 is 0 Å². The van der Waals surface area contributed by atoms with Gasteiger partial charge in [-0.1, -0.05) is 0 Å². The monoisotopic (exact) mass is 192 g/mol. The molecular weight excluding hydrogens is 176 g/mol. The molecule has 1 amide bonds. The molecule has 0 heterocycles. The van der Waals surface area contributed by atoms with Gasteiger partial charge in [0.05, 0.1) is 0 Å². The first-order valence-corrected chi connectivity index (χ1v) is 5.66. The fraction of sp³-hybridized carbons (Fsp3) is 0.857. The Morgan fingerprint density at radius 2 is 2.25 bits per heavy atom. The molecule has 5 heteroatoms. The lowest BCUT2D eigenvalue weighted by molar-refractivity contribution is -0.121. The van der Waals surface area contributed by atoms with Crippen LogP contribution in [-0.2, 0) is 15.6 Å². The number of hydrogen-bond acceptors (Lipinski definition) is 3. The predicted octanol–water partition coefficient (Wildman–Crippen LogP) is -0.780. The van der Waals surface area contributed by atoms with Gasteiger partial charge in [-0.25, -0.2) is 0 Å². The minimum Gasteiger partial charge on any atom is -0.355 e. The lowest BCUT2D eigenvalue weighted by Gasteiger charge is -2.02. The summed E-state index contributed by atoms with van der Waals surface area (Å²) < 4.78 is 10.6. The molecule has 0 aliphatic rings. The first-order chi connectivity index (χ1) is 5.66. The fourth-order valence-electron chi connectivity index (χ4n) is 0.685. The number of nitrogens with one attached hydrogen (secondary N) is 1. The van der Waals surface area contributed by atoms with E-state index in [0.717, 1.165) is 0 Å². The van der Waals surface area contributed by atoms with Gasteiger partial charge < -0.3 is 11.1 Å². The molecule has 0 radical (unpaired) electrons. The molecular formula is C7H16N2O2S. The molecule has 0 saturated heterocycles. The zero-order valence-corrected chi connectivity index (χ0v) is 8.15. The average molecular weight is 192 g/mol. The smallest absolute Gasteiger partial charge is 0.220 e. The minimum atomic E-state index is -0.827. The maximum atomic E-state index is 10.9. The standard InChI is InChI=1S/C7H16N2O2S/c1-12(11)6-5-9-7(10)3-2-4-8/h2-6,8H2,1H3,(H,9,10). The third-order valence-corrected chi connectivity index (χ3v) is 2.10. The Morgan fingerprint density at radius 1 is 1.58 bits per heavy atom. The van der Waals surface area contributed by atoms with E-state index in [4.69, 9.17) is 5.73 Å². The number of carbonyl (C=O) groups is 1. The van der Waals surface area contributed by atoms with E-state index in [1.165, 1.54) is 0 Å². The Balaban J connectivity index is 3.25. The summed E-state index contributed by atoms with van der Waals surface area (Å²) in [6, 6.07) is 0. The normalized spacial score (nSPS) is 12.5. The summed E-state index contributed by atoms with van der Waals surface area (Å²) >= 11 is 0. The van der Waals surface area contributed by atoms with Gasteiger partial charge in [-0.2, -0.15) is 0 Å². The highest BCUT2D eigenvalue weighted by atomic mass is 32.2. The summed E-state index contributed by atoms with van der Waals surface area (Å²) in [6.07, 6.45) is 2.79. The number of hydrogen-bond donors (Lipinski definition) is 2. The zero-order chi connectivity index (χ0) is 9.40. The van der Waals surface area contributed by atoms with Crippen molar-refractivity contribution < 1.29 is 9.00 Å². The van der Waals surface area contributed by atoms with E-state index in [-0.39, 0.29) is 5.91 Å². The molecule has 72 valence electrons. The SMILES string of the molecule is CS(=O)CCNC(=O)CCCN. The van der Waals surface area contributed by atoms with E-state index in [1.54, 1.807) is 6.26 Å². The molecule has 0 fully saturated rings. The molecule has 1 atom stereocenters. The quantitative estimate of drug-likeness (QED) is 0.580. The Morgan fingerprint density at radius 3 is 2.75 bits per heavy atom. The van der Waals surface area contributed by atoms with E-state index >= 15 is 0 Å². The van der Waals surface area contributed by atoms with Crippen LogP contribution in [0.4, 0.5) is 0 Å². The van der Waals surface area contributed by atoms with Crippen LogP contribution in [0.2, 0.25) is 0 Å². The molecule has 0 aliphatic heterocycles. The van der Waals surface area contributed by atoms with Crippen molar-refractivity contribution in [2.24, 2.45) is 5.73 Å². The van der Waals surface area contributed by atoms with Gasteiger partial charge in [0.15, 0.2) is 0 Å². The van der Waals surface area contributed by atoms with E-state index in [2.05, 4.69) is 5.32 Å². The van der Waals surface area contributed by atoms with Crippen LogP contribution in [0, 0.1) is 0 Å².